The Balaban J connectivity index is 1.38. The number of carbonyl (C=O) groups excluding carboxylic acids is 1. The van der Waals surface area contributed by atoms with E-state index in [9.17, 15) is 14.4 Å². The van der Waals surface area contributed by atoms with E-state index in [-0.39, 0.29) is 51.0 Å². The number of methoxy groups -OCH3 is 1. The van der Waals surface area contributed by atoms with Crippen LogP contribution in [0.25, 0.3) is 0 Å². The summed E-state index contributed by atoms with van der Waals surface area (Å²) in [6.45, 7) is 0.0683. The maximum absolute atomic E-state index is 13.9. The second kappa shape index (κ2) is 11.8. The predicted octanol–water partition coefficient (Wildman–Crippen LogP) is 7.16. The van der Waals surface area contributed by atoms with Crippen molar-refractivity contribution in [2.24, 2.45) is 5.73 Å². The Morgan fingerprint density at radius 3 is 2.37 bits per heavy atom. The minimum Gasteiger partial charge on any atom is -0.494 e. The van der Waals surface area contributed by atoms with Crippen molar-refractivity contribution in [3.05, 3.63) is 128 Å². The fourth-order valence-corrected chi connectivity index (χ4v) is 5.06. The van der Waals surface area contributed by atoms with E-state index in [1.54, 1.807) is 54.6 Å². The number of nitrogens with zero attached hydrogens (tertiary/aromatic N) is 1. The summed E-state index contributed by atoms with van der Waals surface area (Å²) in [4.78, 5) is 12.8. The molecular formula is C31H21Cl2FN2O5. The van der Waals surface area contributed by atoms with E-state index < -0.39 is 11.9 Å². The van der Waals surface area contributed by atoms with Crippen LogP contribution in [0.15, 0.2) is 90.3 Å². The van der Waals surface area contributed by atoms with Gasteiger partial charge in [-0.05, 0) is 42.0 Å². The second-order valence-corrected chi connectivity index (χ2v) is 9.75. The molecule has 5 rings (SSSR count). The largest absolute Gasteiger partial charge is 0.494 e. The van der Waals surface area contributed by atoms with Crippen LogP contribution >= 0.6 is 23.2 Å². The molecule has 1 heterocycles. The zero-order chi connectivity index (χ0) is 29.1. The molecule has 0 aromatic heterocycles. The Morgan fingerprint density at radius 2 is 1.71 bits per heavy atom. The fourth-order valence-electron chi connectivity index (χ4n) is 4.41. The van der Waals surface area contributed by atoms with Crippen molar-refractivity contribution in [1.82, 2.24) is 0 Å². The first-order valence-electron chi connectivity index (χ1n) is 12.2. The molecule has 1 unspecified atom stereocenters. The highest BCUT2D eigenvalue weighted by Gasteiger charge is 2.31. The number of nitriles is 1. The normalized spacial score (nSPS) is 14.0. The van der Waals surface area contributed by atoms with Gasteiger partial charge in [0.25, 0.3) is 0 Å². The zero-order valence-corrected chi connectivity index (χ0v) is 23.0. The van der Waals surface area contributed by atoms with Gasteiger partial charge in [0.15, 0.2) is 5.75 Å². The van der Waals surface area contributed by atoms with Crippen LogP contribution in [0, 0.1) is 17.1 Å². The average molecular weight is 591 g/mol. The fraction of sp³-hybridized carbons (Fsp3) is 0.0968. The maximum atomic E-state index is 13.9. The monoisotopic (exact) mass is 590 g/mol. The van der Waals surface area contributed by atoms with E-state index >= 15 is 0 Å². The van der Waals surface area contributed by atoms with Crippen LogP contribution in [0.4, 0.5) is 4.39 Å². The van der Waals surface area contributed by atoms with Crippen molar-refractivity contribution in [2.75, 3.05) is 7.11 Å². The van der Waals surface area contributed by atoms with Gasteiger partial charge in [-0.25, -0.2) is 9.18 Å². The molecule has 41 heavy (non-hydrogen) atoms. The summed E-state index contributed by atoms with van der Waals surface area (Å²) in [5.41, 5.74) is 8.30. The van der Waals surface area contributed by atoms with Crippen LogP contribution in [0.3, 0.4) is 0 Å². The number of hydrogen-bond acceptors (Lipinski definition) is 7. The lowest BCUT2D eigenvalue weighted by atomic mass is 9.83. The van der Waals surface area contributed by atoms with Crippen LogP contribution in [0.1, 0.15) is 33.0 Å². The van der Waals surface area contributed by atoms with Crippen molar-refractivity contribution in [1.29, 1.82) is 5.26 Å². The Hall–Kier alpha value is -4.71. The summed E-state index contributed by atoms with van der Waals surface area (Å²) in [6, 6.07) is 23.2. The van der Waals surface area contributed by atoms with Crippen LogP contribution in [0.2, 0.25) is 10.0 Å². The van der Waals surface area contributed by atoms with Gasteiger partial charge in [-0.3, -0.25) is 0 Å². The summed E-state index contributed by atoms with van der Waals surface area (Å²) in [6.07, 6.45) is 0. The smallest absolute Gasteiger partial charge is 0.343 e. The van der Waals surface area contributed by atoms with E-state index in [0.717, 1.165) is 5.56 Å². The molecule has 1 atom stereocenters. The molecule has 10 heteroatoms. The predicted molar refractivity (Wildman–Crippen MR) is 151 cm³/mol. The van der Waals surface area contributed by atoms with Crippen molar-refractivity contribution >= 4 is 29.2 Å². The number of esters is 1. The first-order valence-corrected chi connectivity index (χ1v) is 13.0. The first kappa shape index (κ1) is 27.8. The van der Waals surface area contributed by atoms with Crippen molar-refractivity contribution < 1.29 is 28.1 Å². The standard InChI is InChI=1S/C31H21Cl2FN2O5/c1-38-29-24(32)12-19(13-25(29)33)31(37)40-21-10-11-22-27(14-21)41-30(36)23(15-35)28(22)17-6-8-20(9-7-17)39-16-18-4-2-3-5-26(18)34/h2-14,28H,16,36H2,1H3. The topological polar surface area (TPSA) is 104 Å². The Morgan fingerprint density at radius 1 is 1.02 bits per heavy atom. The SMILES string of the molecule is COc1c(Cl)cc(C(=O)Oc2ccc3c(c2)OC(N)=C(C#N)C3c2ccc(OCc3ccccc3F)cc2)cc1Cl. The third-order valence-electron chi connectivity index (χ3n) is 6.40. The van der Waals surface area contributed by atoms with Gasteiger partial charge in [0.2, 0.25) is 5.88 Å². The molecule has 0 saturated carbocycles. The van der Waals surface area contributed by atoms with Crippen molar-refractivity contribution in [3.8, 4) is 29.1 Å². The molecule has 0 radical (unpaired) electrons. The van der Waals surface area contributed by atoms with Gasteiger partial charge in [-0.2, -0.15) is 5.26 Å². The summed E-state index contributed by atoms with van der Waals surface area (Å²) >= 11 is 12.3. The molecule has 1 aliphatic heterocycles. The molecular weight excluding hydrogens is 570 g/mol. The van der Waals surface area contributed by atoms with E-state index in [2.05, 4.69) is 6.07 Å². The van der Waals surface area contributed by atoms with Crippen molar-refractivity contribution in [2.45, 2.75) is 12.5 Å². The third-order valence-corrected chi connectivity index (χ3v) is 6.97. The number of benzene rings is 4. The van der Waals surface area contributed by atoms with Gasteiger partial charge < -0.3 is 24.7 Å². The molecule has 206 valence electrons. The quantitative estimate of drug-likeness (QED) is 0.180. The number of halogens is 3. The molecule has 0 bridgehead atoms. The van der Waals surface area contributed by atoms with Gasteiger partial charge in [-0.15, -0.1) is 0 Å². The Kier molecular flexibility index (Phi) is 8.02. The minimum absolute atomic E-state index is 0.0675. The summed E-state index contributed by atoms with van der Waals surface area (Å²) in [7, 11) is 1.42. The first-order chi connectivity index (χ1) is 19.8. The molecule has 0 amide bonds. The van der Waals surface area contributed by atoms with E-state index in [1.807, 2.05) is 0 Å². The highest BCUT2D eigenvalue weighted by Crippen LogP contribution is 2.44. The van der Waals surface area contributed by atoms with Crippen LogP contribution < -0.4 is 24.7 Å². The number of nitrogens with two attached hydrogens (primary N) is 1. The number of hydrogen-bond donors (Lipinski definition) is 1. The van der Waals surface area contributed by atoms with Crippen LogP contribution in [-0.2, 0) is 6.61 Å². The highest BCUT2D eigenvalue weighted by molar-refractivity contribution is 6.37. The molecule has 7 nitrogen and oxygen atoms in total. The molecule has 1 aliphatic rings. The number of allylic oxidation sites excluding steroid dienone is 1. The Labute approximate surface area is 245 Å². The molecule has 0 aliphatic carbocycles. The minimum atomic E-state index is -0.698. The lowest BCUT2D eigenvalue weighted by Gasteiger charge is -2.27. The second-order valence-electron chi connectivity index (χ2n) is 8.94. The lowest BCUT2D eigenvalue weighted by molar-refractivity contribution is 0.0734. The number of fused-ring (bicyclic) bond motifs is 1. The van der Waals surface area contributed by atoms with E-state index in [4.69, 9.17) is 47.9 Å². The Bertz CT molecular complexity index is 1690. The molecule has 0 saturated heterocycles. The summed E-state index contributed by atoms with van der Waals surface area (Å²) in [5, 5.41) is 10.2. The van der Waals surface area contributed by atoms with Crippen molar-refractivity contribution in [3.63, 3.8) is 0 Å². The lowest BCUT2D eigenvalue weighted by Crippen LogP contribution is -2.21. The summed E-state index contributed by atoms with van der Waals surface area (Å²) in [5.74, 6) is -0.377. The molecule has 0 fully saturated rings. The maximum Gasteiger partial charge on any atom is 0.343 e. The number of rotatable bonds is 7. The number of carbonyl (C=O) groups is 1. The van der Waals surface area contributed by atoms with E-state index in [1.165, 1.54) is 31.4 Å². The van der Waals surface area contributed by atoms with Gasteiger partial charge in [0, 0.05) is 17.2 Å². The number of ether oxygens (including phenoxy) is 4. The molecule has 4 aromatic rings. The van der Waals surface area contributed by atoms with Gasteiger partial charge in [0.05, 0.1) is 28.6 Å². The molecule has 4 aromatic carbocycles. The van der Waals surface area contributed by atoms with Gasteiger partial charge in [-0.1, -0.05) is 59.6 Å². The van der Waals surface area contributed by atoms with Crippen LogP contribution in [0.5, 0.6) is 23.0 Å². The third kappa shape index (κ3) is 5.78. The average Bonchev–Trinajstić information content (AvgIpc) is 2.96. The zero-order valence-electron chi connectivity index (χ0n) is 21.5. The van der Waals surface area contributed by atoms with Gasteiger partial charge in [0.1, 0.15) is 41.3 Å². The summed E-state index contributed by atoms with van der Waals surface area (Å²) < 4.78 is 36.0. The van der Waals surface area contributed by atoms with Gasteiger partial charge >= 0.3 is 5.97 Å². The highest BCUT2D eigenvalue weighted by atomic mass is 35.5. The molecule has 2 N–H and O–H groups in total. The van der Waals surface area contributed by atoms with Crippen LogP contribution in [-0.4, -0.2) is 13.1 Å². The van der Waals surface area contributed by atoms with E-state index in [0.29, 0.717) is 22.6 Å². The molecule has 0 spiro atoms.